The molecule has 70 valence electrons. The Morgan fingerprint density at radius 1 is 1.54 bits per heavy atom. The van der Waals surface area contributed by atoms with Crippen molar-refractivity contribution in [1.82, 2.24) is 0 Å². The van der Waals surface area contributed by atoms with E-state index >= 15 is 0 Å². The van der Waals surface area contributed by atoms with E-state index < -0.39 is 0 Å². The fraction of sp³-hybridized carbons (Fsp3) is 0.364. The van der Waals surface area contributed by atoms with Crippen LogP contribution in [0.2, 0.25) is 0 Å². The first-order valence-electron chi connectivity index (χ1n) is 4.38. The Hall–Kier alpha value is -1.31. The number of phenolic OH excluding ortho intramolecular Hbond substituents is 1. The maximum atomic E-state index is 10.3. The van der Waals surface area contributed by atoms with Crippen molar-refractivity contribution < 1.29 is 9.90 Å². The Balaban J connectivity index is 2.97. The Bertz CT molecular complexity index is 305. The second-order valence-electron chi connectivity index (χ2n) is 3.37. The summed E-state index contributed by atoms with van der Waals surface area (Å²) in [4.78, 5) is 10.3. The molecule has 0 radical (unpaired) electrons. The summed E-state index contributed by atoms with van der Waals surface area (Å²) in [6, 6.07) is 5.45. The van der Waals surface area contributed by atoms with Crippen molar-refractivity contribution in [2.75, 3.05) is 0 Å². The van der Waals surface area contributed by atoms with Gasteiger partial charge < -0.3 is 9.90 Å². The van der Waals surface area contributed by atoms with Crippen LogP contribution < -0.4 is 0 Å². The number of phenols is 1. The molecular weight excluding hydrogens is 164 g/mol. The van der Waals surface area contributed by atoms with Crippen molar-refractivity contribution >= 4 is 6.29 Å². The molecule has 1 atom stereocenters. The van der Waals surface area contributed by atoms with Crippen molar-refractivity contribution in [2.24, 2.45) is 0 Å². The Morgan fingerprint density at radius 3 is 2.85 bits per heavy atom. The molecule has 0 aliphatic heterocycles. The van der Waals surface area contributed by atoms with E-state index in [-0.39, 0.29) is 11.7 Å². The van der Waals surface area contributed by atoms with Gasteiger partial charge in [-0.25, -0.2) is 0 Å². The largest absolute Gasteiger partial charge is 0.508 e. The zero-order chi connectivity index (χ0) is 9.84. The highest BCUT2D eigenvalue weighted by Gasteiger charge is 2.09. The average Bonchev–Trinajstić information content (AvgIpc) is 2.09. The number of hydrogen-bond acceptors (Lipinski definition) is 2. The van der Waals surface area contributed by atoms with Gasteiger partial charge in [0.05, 0.1) is 0 Å². The first-order chi connectivity index (χ1) is 6.15. The quantitative estimate of drug-likeness (QED) is 0.721. The molecule has 0 fully saturated rings. The molecule has 2 nitrogen and oxygen atoms in total. The highest BCUT2D eigenvalue weighted by Crippen LogP contribution is 2.27. The van der Waals surface area contributed by atoms with Gasteiger partial charge in [-0.05, 0) is 24.5 Å². The van der Waals surface area contributed by atoms with Gasteiger partial charge >= 0.3 is 0 Å². The van der Waals surface area contributed by atoms with Gasteiger partial charge in [-0.2, -0.15) is 0 Å². The van der Waals surface area contributed by atoms with E-state index in [1.165, 1.54) is 0 Å². The van der Waals surface area contributed by atoms with E-state index in [2.05, 4.69) is 0 Å². The van der Waals surface area contributed by atoms with Crippen LogP contribution in [0, 0.1) is 6.92 Å². The predicted molar refractivity (Wildman–Crippen MR) is 51.9 cm³/mol. The zero-order valence-electron chi connectivity index (χ0n) is 7.95. The van der Waals surface area contributed by atoms with Crippen LogP contribution in [-0.2, 0) is 4.79 Å². The second-order valence-corrected chi connectivity index (χ2v) is 3.37. The number of rotatable bonds is 3. The smallest absolute Gasteiger partial charge is 0.120 e. The molecule has 1 unspecified atom stereocenters. The summed E-state index contributed by atoms with van der Waals surface area (Å²) < 4.78 is 0. The van der Waals surface area contributed by atoms with Gasteiger partial charge in [-0.1, -0.05) is 24.6 Å². The lowest BCUT2D eigenvalue weighted by molar-refractivity contribution is -0.108. The molecule has 0 aromatic heterocycles. The topological polar surface area (TPSA) is 37.3 Å². The van der Waals surface area contributed by atoms with Crippen LogP contribution >= 0.6 is 0 Å². The third kappa shape index (κ3) is 2.31. The van der Waals surface area contributed by atoms with E-state index in [4.69, 9.17) is 0 Å². The average molecular weight is 178 g/mol. The first-order valence-corrected chi connectivity index (χ1v) is 4.38. The predicted octanol–water partition coefficient (Wildman–Crippen LogP) is 2.39. The van der Waals surface area contributed by atoms with Gasteiger partial charge in [0.2, 0.25) is 0 Å². The Labute approximate surface area is 78.2 Å². The second kappa shape index (κ2) is 4.08. The standard InChI is InChI=1S/C11H14O2/c1-8-3-4-11(13)10(7-8)9(2)5-6-12/h3-4,6-7,9,13H,5H2,1-2H3. The van der Waals surface area contributed by atoms with Gasteiger partial charge in [0.1, 0.15) is 12.0 Å². The van der Waals surface area contributed by atoms with Gasteiger partial charge in [0.25, 0.3) is 0 Å². The molecule has 0 saturated heterocycles. The highest BCUT2D eigenvalue weighted by molar-refractivity contribution is 5.52. The molecular formula is C11H14O2. The number of aryl methyl sites for hydroxylation is 1. The van der Waals surface area contributed by atoms with E-state index in [0.29, 0.717) is 6.42 Å². The van der Waals surface area contributed by atoms with Crippen molar-refractivity contribution in [3.63, 3.8) is 0 Å². The lowest BCUT2D eigenvalue weighted by Crippen LogP contribution is -1.95. The first kappa shape index (κ1) is 9.78. The van der Waals surface area contributed by atoms with Crippen LogP contribution in [0.3, 0.4) is 0 Å². The number of aromatic hydroxyl groups is 1. The molecule has 0 aliphatic carbocycles. The molecule has 1 N–H and O–H groups in total. The lowest BCUT2D eigenvalue weighted by atomic mass is 9.96. The SMILES string of the molecule is Cc1ccc(O)c(C(C)CC=O)c1. The Kier molecular flexibility index (Phi) is 3.07. The van der Waals surface area contributed by atoms with Crippen molar-refractivity contribution in [2.45, 2.75) is 26.2 Å². The molecule has 0 amide bonds. The van der Waals surface area contributed by atoms with Gasteiger partial charge in [-0.3, -0.25) is 0 Å². The molecule has 1 aromatic carbocycles. The molecule has 2 heteroatoms. The third-order valence-corrected chi connectivity index (χ3v) is 2.16. The fourth-order valence-corrected chi connectivity index (χ4v) is 1.34. The van der Waals surface area contributed by atoms with Crippen LogP contribution in [-0.4, -0.2) is 11.4 Å². The van der Waals surface area contributed by atoms with Crippen molar-refractivity contribution in [1.29, 1.82) is 0 Å². The van der Waals surface area contributed by atoms with Crippen molar-refractivity contribution in [3.8, 4) is 5.75 Å². The molecule has 0 aliphatic rings. The molecule has 13 heavy (non-hydrogen) atoms. The number of carbonyl (C=O) groups excluding carboxylic acids is 1. The Morgan fingerprint density at radius 2 is 2.23 bits per heavy atom. The summed E-state index contributed by atoms with van der Waals surface area (Å²) in [6.07, 6.45) is 1.34. The summed E-state index contributed by atoms with van der Waals surface area (Å²) in [6.45, 7) is 3.90. The highest BCUT2D eigenvalue weighted by atomic mass is 16.3. The molecule has 0 spiro atoms. The van der Waals surface area contributed by atoms with E-state index in [0.717, 1.165) is 17.4 Å². The van der Waals surface area contributed by atoms with Crippen LogP contribution in [0.1, 0.15) is 30.4 Å². The lowest BCUT2D eigenvalue weighted by Gasteiger charge is -2.10. The fourth-order valence-electron chi connectivity index (χ4n) is 1.34. The molecule has 0 bridgehead atoms. The molecule has 0 saturated carbocycles. The van der Waals surface area contributed by atoms with E-state index in [1.807, 2.05) is 26.0 Å². The zero-order valence-corrected chi connectivity index (χ0v) is 7.95. The van der Waals surface area contributed by atoms with Crippen LogP contribution in [0.5, 0.6) is 5.75 Å². The van der Waals surface area contributed by atoms with E-state index in [1.54, 1.807) is 6.07 Å². The summed E-state index contributed by atoms with van der Waals surface area (Å²) in [5.41, 5.74) is 1.96. The molecule has 0 heterocycles. The van der Waals surface area contributed by atoms with Crippen LogP contribution in [0.4, 0.5) is 0 Å². The number of benzene rings is 1. The van der Waals surface area contributed by atoms with Crippen molar-refractivity contribution in [3.05, 3.63) is 29.3 Å². The summed E-state index contributed by atoms with van der Waals surface area (Å²) in [5, 5.41) is 9.52. The van der Waals surface area contributed by atoms with Gasteiger partial charge in [0, 0.05) is 6.42 Å². The molecule has 1 aromatic rings. The summed E-state index contributed by atoms with van der Waals surface area (Å²) in [7, 11) is 0. The minimum Gasteiger partial charge on any atom is -0.508 e. The van der Waals surface area contributed by atoms with Crippen LogP contribution in [0.25, 0.3) is 0 Å². The number of hydrogen-bond donors (Lipinski definition) is 1. The normalized spacial score (nSPS) is 12.5. The summed E-state index contributed by atoms with van der Waals surface area (Å²) in [5.74, 6) is 0.373. The monoisotopic (exact) mass is 178 g/mol. The van der Waals surface area contributed by atoms with Gasteiger partial charge in [-0.15, -0.1) is 0 Å². The van der Waals surface area contributed by atoms with Gasteiger partial charge in [0.15, 0.2) is 0 Å². The minimum absolute atomic E-state index is 0.0948. The minimum atomic E-state index is 0.0948. The maximum Gasteiger partial charge on any atom is 0.120 e. The number of aldehydes is 1. The third-order valence-electron chi connectivity index (χ3n) is 2.16. The number of carbonyl (C=O) groups is 1. The molecule has 1 rings (SSSR count). The maximum absolute atomic E-state index is 10.3. The van der Waals surface area contributed by atoms with Crippen LogP contribution in [0.15, 0.2) is 18.2 Å². The summed E-state index contributed by atoms with van der Waals surface area (Å²) >= 11 is 0. The van der Waals surface area contributed by atoms with E-state index in [9.17, 15) is 9.90 Å².